The minimum Gasteiger partial charge on any atom is -0.462 e. The van der Waals surface area contributed by atoms with Gasteiger partial charge in [0.05, 0.1) is 41.0 Å². The highest BCUT2D eigenvalue weighted by atomic mass is 35.5. The Labute approximate surface area is 190 Å². The van der Waals surface area contributed by atoms with E-state index >= 15 is 0 Å². The lowest BCUT2D eigenvalue weighted by Gasteiger charge is -2.26. The molecule has 1 aliphatic rings. The zero-order valence-corrected chi connectivity index (χ0v) is 18.9. The van der Waals surface area contributed by atoms with Gasteiger partial charge >= 0.3 is 5.97 Å². The van der Waals surface area contributed by atoms with Gasteiger partial charge in [-0.25, -0.2) is 13.2 Å². The van der Waals surface area contributed by atoms with Gasteiger partial charge in [0.15, 0.2) is 0 Å². The van der Waals surface area contributed by atoms with Gasteiger partial charge in [-0.2, -0.15) is 4.31 Å². The maximum Gasteiger partial charge on any atom is 0.338 e. The summed E-state index contributed by atoms with van der Waals surface area (Å²) in [6.07, 6.45) is 0. The summed E-state index contributed by atoms with van der Waals surface area (Å²) in [5.74, 6) is -1.09. The van der Waals surface area contributed by atoms with Crippen LogP contribution in [0.25, 0.3) is 0 Å². The first kappa shape index (κ1) is 23.5. The maximum absolute atomic E-state index is 13.0. The van der Waals surface area contributed by atoms with Crippen molar-refractivity contribution < 1.29 is 27.5 Å². The van der Waals surface area contributed by atoms with Crippen molar-refractivity contribution in [2.75, 3.05) is 38.2 Å². The molecule has 166 valence electrons. The van der Waals surface area contributed by atoms with Crippen molar-refractivity contribution in [3.05, 3.63) is 57.6 Å². The highest BCUT2D eigenvalue weighted by Gasteiger charge is 2.30. The zero-order chi connectivity index (χ0) is 22.6. The second-order valence-corrected chi connectivity index (χ2v) is 9.25. The predicted molar refractivity (Wildman–Crippen MR) is 116 cm³/mol. The Morgan fingerprint density at radius 2 is 1.74 bits per heavy atom. The average Bonchev–Trinajstić information content (AvgIpc) is 2.74. The van der Waals surface area contributed by atoms with Crippen molar-refractivity contribution in [2.45, 2.75) is 11.8 Å². The summed E-state index contributed by atoms with van der Waals surface area (Å²) in [6.45, 7) is 2.89. The number of rotatable bonds is 6. The lowest BCUT2D eigenvalue weighted by molar-refractivity contribution is 0.0526. The number of hydrogen-bond acceptors (Lipinski definition) is 6. The third kappa shape index (κ3) is 5.36. The first-order chi connectivity index (χ1) is 14.7. The zero-order valence-electron chi connectivity index (χ0n) is 16.6. The monoisotopic (exact) mass is 486 g/mol. The van der Waals surface area contributed by atoms with Gasteiger partial charge in [-0.3, -0.25) is 4.79 Å². The van der Waals surface area contributed by atoms with Crippen molar-refractivity contribution in [2.24, 2.45) is 0 Å². The van der Waals surface area contributed by atoms with Crippen LogP contribution in [0, 0.1) is 0 Å². The molecule has 0 aliphatic carbocycles. The number of ether oxygens (including phenoxy) is 2. The molecule has 1 heterocycles. The van der Waals surface area contributed by atoms with Crippen LogP contribution >= 0.6 is 23.2 Å². The first-order valence-electron chi connectivity index (χ1n) is 9.39. The highest BCUT2D eigenvalue weighted by molar-refractivity contribution is 7.89. The molecule has 0 bridgehead atoms. The number of hydrogen-bond donors (Lipinski definition) is 1. The minimum absolute atomic E-state index is 0.00608. The molecule has 1 saturated heterocycles. The molecular formula is C20H20Cl2N2O6S. The molecule has 1 N–H and O–H groups in total. The molecule has 31 heavy (non-hydrogen) atoms. The Hall–Kier alpha value is -2.17. The van der Waals surface area contributed by atoms with E-state index in [1.54, 1.807) is 6.92 Å². The van der Waals surface area contributed by atoms with Gasteiger partial charge in [0.25, 0.3) is 5.91 Å². The Morgan fingerprint density at radius 3 is 2.35 bits per heavy atom. The fourth-order valence-electron chi connectivity index (χ4n) is 2.93. The summed E-state index contributed by atoms with van der Waals surface area (Å²) in [7, 11) is -3.93. The highest BCUT2D eigenvalue weighted by Crippen LogP contribution is 2.31. The standard InChI is InChI=1S/C20H20Cl2N2O6S/c1-2-30-20(26)13-3-5-14(6-4-13)23-19(25)15-11-18(17(22)12-16(15)21)31(27,28)24-7-9-29-10-8-24/h3-6,11-12H,2,7-10H2,1H3,(H,23,25). The van der Waals surface area contributed by atoms with Gasteiger partial charge < -0.3 is 14.8 Å². The molecule has 2 aromatic rings. The number of carbonyl (C=O) groups is 2. The van der Waals surface area contributed by atoms with E-state index in [1.807, 2.05) is 0 Å². The van der Waals surface area contributed by atoms with E-state index in [9.17, 15) is 18.0 Å². The van der Waals surface area contributed by atoms with E-state index in [-0.39, 0.29) is 53.4 Å². The summed E-state index contributed by atoms with van der Waals surface area (Å²) in [6, 6.07) is 8.46. The fourth-order valence-corrected chi connectivity index (χ4v) is 5.17. The van der Waals surface area contributed by atoms with Gasteiger partial charge in [-0.05, 0) is 43.3 Å². The number of esters is 1. The number of amides is 1. The van der Waals surface area contributed by atoms with Crippen LogP contribution in [0.1, 0.15) is 27.6 Å². The quantitative estimate of drug-likeness (QED) is 0.627. The van der Waals surface area contributed by atoms with Crippen molar-refractivity contribution in [3.63, 3.8) is 0 Å². The van der Waals surface area contributed by atoms with E-state index in [4.69, 9.17) is 32.7 Å². The van der Waals surface area contributed by atoms with Crippen molar-refractivity contribution in [1.82, 2.24) is 4.31 Å². The molecule has 1 aliphatic heterocycles. The van der Waals surface area contributed by atoms with Crippen LogP contribution < -0.4 is 5.32 Å². The Morgan fingerprint density at radius 1 is 1.10 bits per heavy atom. The van der Waals surface area contributed by atoms with Crippen LogP contribution in [-0.2, 0) is 19.5 Å². The normalized spacial score (nSPS) is 14.8. The summed E-state index contributed by atoms with van der Waals surface area (Å²) >= 11 is 12.3. The van der Waals surface area contributed by atoms with Crippen LogP contribution in [0.4, 0.5) is 5.69 Å². The minimum atomic E-state index is -3.93. The van der Waals surface area contributed by atoms with Crippen LogP contribution in [0.15, 0.2) is 41.3 Å². The number of benzene rings is 2. The number of carbonyl (C=O) groups excluding carboxylic acids is 2. The lowest BCUT2D eigenvalue weighted by Crippen LogP contribution is -2.40. The fraction of sp³-hybridized carbons (Fsp3) is 0.300. The van der Waals surface area contributed by atoms with Gasteiger partial charge in [-0.1, -0.05) is 23.2 Å². The van der Waals surface area contributed by atoms with Gasteiger partial charge in [0, 0.05) is 18.8 Å². The van der Waals surface area contributed by atoms with Crippen LogP contribution in [-0.4, -0.2) is 57.5 Å². The summed E-state index contributed by atoms with van der Waals surface area (Å²) < 4.78 is 37.3. The summed E-state index contributed by atoms with van der Waals surface area (Å²) in [5.41, 5.74) is 0.678. The molecule has 0 atom stereocenters. The van der Waals surface area contributed by atoms with E-state index in [0.717, 1.165) is 6.07 Å². The third-order valence-corrected chi connectivity index (χ3v) is 7.18. The molecule has 11 heteroatoms. The number of sulfonamides is 1. The number of nitrogens with one attached hydrogen (secondary N) is 1. The number of anilines is 1. The van der Waals surface area contributed by atoms with Gasteiger partial charge in [0.1, 0.15) is 4.90 Å². The van der Waals surface area contributed by atoms with E-state index in [1.165, 1.54) is 34.6 Å². The average molecular weight is 487 g/mol. The largest absolute Gasteiger partial charge is 0.462 e. The smallest absolute Gasteiger partial charge is 0.338 e. The predicted octanol–water partition coefficient (Wildman–Crippen LogP) is 3.44. The molecule has 2 aromatic carbocycles. The van der Waals surface area contributed by atoms with E-state index in [2.05, 4.69) is 5.32 Å². The third-order valence-electron chi connectivity index (χ3n) is 4.51. The molecule has 0 radical (unpaired) electrons. The molecule has 0 saturated carbocycles. The second-order valence-electron chi connectivity index (χ2n) is 6.53. The molecule has 8 nitrogen and oxygen atoms in total. The molecule has 0 aromatic heterocycles. The Kier molecular flexibility index (Phi) is 7.55. The number of halogens is 2. The molecule has 1 fully saturated rings. The van der Waals surface area contributed by atoms with Gasteiger partial charge in [0.2, 0.25) is 10.0 Å². The van der Waals surface area contributed by atoms with Crippen molar-refractivity contribution >= 4 is 50.8 Å². The van der Waals surface area contributed by atoms with E-state index in [0.29, 0.717) is 11.3 Å². The molecule has 0 spiro atoms. The second kappa shape index (κ2) is 9.97. The van der Waals surface area contributed by atoms with Crippen LogP contribution in [0.5, 0.6) is 0 Å². The van der Waals surface area contributed by atoms with Crippen molar-refractivity contribution in [1.29, 1.82) is 0 Å². The SMILES string of the molecule is CCOC(=O)c1ccc(NC(=O)c2cc(S(=O)(=O)N3CCOCC3)c(Cl)cc2Cl)cc1. The maximum atomic E-state index is 13.0. The van der Waals surface area contributed by atoms with Crippen LogP contribution in [0.3, 0.4) is 0 Å². The van der Waals surface area contributed by atoms with Crippen molar-refractivity contribution in [3.8, 4) is 0 Å². The van der Waals surface area contributed by atoms with Crippen LogP contribution in [0.2, 0.25) is 10.0 Å². The summed E-state index contributed by atoms with van der Waals surface area (Å²) in [5, 5.41) is 2.56. The topological polar surface area (TPSA) is 102 Å². The molecular weight excluding hydrogens is 467 g/mol. The number of morpholine rings is 1. The Bertz CT molecular complexity index is 1080. The molecule has 0 unspecified atom stereocenters. The lowest BCUT2D eigenvalue weighted by atomic mass is 10.2. The first-order valence-corrected chi connectivity index (χ1v) is 11.6. The van der Waals surface area contributed by atoms with Gasteiger partial charge in [-0.15, -0.1) is 0 Å². The Balaban J connectivity index is 1.84. The number of nitrogens with zero attached hydrogens (tertiary/aromatic N) is 1. The van der Waals surface area contributed by atoms with E-state index < -0.39 is 21.9 Å². The molecule has 1 amide bonds. The summed E-state index contributed by atoms with van der Waals surface area (Å²) in [4.78, 5) is 24.3. The molecule has 3 rings (SSSR count).